The molecule has 0 unspecified atom stereocenters. The van der Waals surface area contributed by atoms with Gasteiger partial charge in [-0.25, -0.2) is 0 Å². The van der Waals surface area contributed by atoms with Gasteiger partial charge in [-0.15, -0.1) is 0 Å². The lowest BCUT2D eigenvalue weighted by atomic mass is 10.2. The molecule has 0 radical (unpaired) electrons. The fourth-order valence-electron chi connectivity index (χ4n) is 1.26. The standard InChI is InChI=1S/C12H19N3O/c1-9(13)12(16)14-8-10-4-6-11(7-5-10)15(2)3/h4-7,9H,8,13H2,1-3H3,(H,14,16)/t9-/m0/s1. The molecule has 1 aromatic rings. The molecule has 16 heavy (non-hydrogen) atoms. The van der Waals surface area contributed by atoms with Gasteiger partial charge in [0.15, 0.2) is 0 Å². The van der Waals surface area contributed by atoms with Crippen molar-refractivity contribution in [3.8, 4) is 0 Å². The van der Waals surface area contributed by atoms with Crippen LogP contribution in [0.25, 0.3) is 0 Å². The van der Waals surface area contributed by atoms with Gasteiger partial charge in [0.1, 0.15) is 0 Å². The van der Waals surface area contributed by atoms with Crippen molar-refractivity contribution in [3.63, 3.8) is 0 Å². The van der Waals surface area contributed by atoms with E-state index in [9.17, 15) is 4.79 Å². The normalized spacial score (nSPS) is 12.0. The summed E-state index contributed by atoms with van der Waals surface area (Å²) in [4.78, 5) is 13.3. The minimum absolute atomic E-state index is 0.128. The van der Waals surface area contributed by atoms with E-state index in [0.29, 0.717) is 6.54 Å². The SMILES string of the molecule is C[C@H](N)C(=O)NCc1ccc(N(C)C)cc1. The molecule has 1 aromatic carbocycles. The number of hydrogen-bond donors (Lipinski definition) is 2. The van der Waals surface area contributed by atoms with Gasteiger partial charge in [0.25, 0.3) is 0 Å². The summed E-state index contributed by atoms with van der Waals surface area (Å²) in [7, 11) is 3.99. The molecule has 0 saturated heterocycles. The maximum atomic E-state index is 11.2. The van der Waals surface area contributed by atoms with E-state index in [1.54, 1.807) is 6.92 Å². The van der Waals surface area contributed by atoms with E-state index in [2.05, 4.69) is 5.32 Å². The lowest BCUT2D eigenvalue weighted by Crippen LogP contribution is -2.37. The first-order valence-electron chi connectivity index (χ1n) is 5.30. The van der Waals surface area contributed by atoms with Crippen LogP contribution in [-0.4, -0.2) is 26.0 Å². The Morgan fingerprint density at radius 2 is 1.94 bits per heavy atom. The maximum absolute atomic E-state index is 11.2. The third-order valence-corrected chi connectivity index (χ3v) is 2.33. The zero-order valence-corrected chi connectivity index (χ0v) is 10.0. The van der Waals surface area contributed by atoms with E-state index < -0.39 is 6.04 Å². The number of anilines is 1. The number of hydrogen-bond acceptors (Lipinski definition) is 3. The summed E-state index contributed by atoms with van der Waals surface area (Å²) in [5.74, 6) is -0.128. The minimum Gasteiger partial charge on any atom is -0.378 e. The van der Waals surface area contributed by atoms with Crippen LogP contribution in [0.1, 0.15) is 12.5 Å². The highest BCUT2D eigenvalue weighted by Crippen LogP contribution is 2.11. The number of benzene rings is 1. The van der Waals surface area contributed by atoms with Gasteiger partial charge in [-0.1, -0.05) is 12.1 Å². The number of carbonyl (C=O) groups excluding carboxylic acids is 1. The summed E-state index contributed by atoms with van der Waals surface area (Å²) in [6, 6.07) is 7.58. The maximum Gasteiger partial charge on any atom is 0.236 e. The first kappa shape index (κ1) is 12.5. The first-order chi connectivity index (χ1) is 7.50. The Morgan fingerprint density at radius 1 is 1.38 bits per heavy atom. The molecule has 1 rings (SSSR count). The van der Waals surface area contributed by atoms with Crippen LogP contribution in [-0.2, 0) is 11.3 Å². The number of nitrogens with two attached hydrogens (primary N) is 1. The second kappa shape index (κ2) is 5.51. The summed E-state index contributed by atoms with van der Waals surface area (Å²) in [5.41, 5.74) is 7.66. The monoisotopic (exact) mass is 221 g/mol. The van der Waals surface area contributed by atoms with Crippen molar-refractivity contribution in [2.75, 3.05) is 19.0 Å². The molecule has 0 fully saturated rings. The molecule has 0 aliphatic heterocycles. The Bertz CT molecular complexity index is 344. The van der Waals surface area contributed by atoms with E-state index in [1.165, 1.54) is 0 Å². The molecule has 0 spiro atoms. The zero-order valence-electron chi connectivity index (χ0n) is 10.0. The van der Waals surface area contributed by atoms with E-state index in [1.807, 2.05) is 43.3 Å². The van der Waals surface area contributed by atoms with Gasteiger partial charge in [0.05, 0.1) is 6.04 Å². The Kier molecular flexibility index (Phi) is 4.31. The average Bonchev–Trinajstić information content (AvgIpc) is 2.26. The zero-order chi connectivity index (χ0) is 12.1. The predicted molar refractivity (Wildman–Crippen MR) is 66.3 cm³/mol. The van der Waals surface area contributed by atoms with Gasteiger partial charge in [-0.2, -0.15) is 0 Å². The molecule has 0 aliphatic rings. The topological polar surface area (TPSA) is 58.4 Å². The highest BCUT2D eigenvalue weighted by molar-refractivity contribution is 5.80. The molecule has 88 valence electrons. The molecule has 4 nitrogen and oxygen atoms in total. The van der Waals surface area contributed by atoms with E-state index in [0.717, 1.165) is 11.3 Å². The van der Waals surface area contributed by atoms with Crippen molar-refractivity contribution in [2.45, 2.75) is 19.5 Å². The van der Waals surface area contributed by atoms with Gasteiger partial charge in [0.2, 0.25) is 5.91 Å². The summed E-state index contributed by atoms with van der Waals surface area (Å²) in [6.07, 6.45) is 0. The number of nitrogens with zero attached hydrogens (tertiary/aromatic N) is 1. The number of nitrogens with one attached hydrogen (secondary N) is 1. The Hall–Kier alpha value is -1.55. The molecule has 0 heterocycles. The highest BCUT2D eigenvalue weighted by Gasteiger charge is 2.05. The Labute approximate surface area is 96.4 Å². The lowest BCUT2D eigenvalue weighted by molar-refractivity contribution is -0.122. The van der Waals surface area contributed by atoms with Crippen LogP contribution in [0.4, 0.5) is 5.69 Å². The van der Waals surface area contributed by atoms with E-state index in [-0.39, 0.29) is 5.91 Å². The third-order valence-electron chi connectivity index (χ3n) is 2.33. The quantitative estimate of drug-likeness (QED) is 0.787. The number of carbonyl (C=O) groups is 1. The van der Waals surface area contributed by atoms with Gasteiger partial charge >= 0.3 is 0 Å². The van der Waals surface area contributed by atoms with Gasteiger partial charge in [0, 0.05) is 26.3 Å². The van der Waals surface area contributed by atoms with Gasteiger partial charge in [-0.3, -0.25) is 4.79 Å². The van der Waals surface area contributed by atoms with Crippen LogP contribution in [0, 0.1) is 0 Å². The van der Waals surface area contributed by atoms with Crippen molar-refractivity contribution < 1.29 is 4.79 Å². The molecule has 0 aromatic heterocycles. The first-order valence-corrected chi connectivity index (χ1v) is 5.30. The third kappa shape index (κ3) is 3.55. The summed E-state index contributed by atoms with van der Waals surface area (Å²) in [6.45, 7) is 2.19. The van der Waals surface area contributed by atoms with Crippen LogP contribution in [0.15, 0.2) is 24.3 Å². The Morgan fingerprint density at radius 3 is 2.38 bits per heavy atom. The fraction of sp³-hybridized carbons (Fsp3) is 0.417. The highest BCUT2D eigenvalue weighted by atomic mass is 16.2. The van der Waals surface area contributed by atoms with Crippen molar-refractivity contribution >= 4 is 11.6 Å². The largest absolute Gasteiger partial charge is 0.378 e. The summed E-state index contributed by atoms with van der Waals surface area (Å²) >= 11 is 0. The average molecular weight is 221 g/mol. The number of amides is 1. The molecular weight excluding hydrogens is 202 g/mol. The van der Waals surface area contributed by atoms with Crippen molar-refractivity contribution in [1.82, 2.24) is 5.32 Å². The van der Waals surface area contributed by atoms with Gasteiger partial charge < -0.3 is 16.0 Å². The van der Waals surface area contributed by atoms with Crippen molar-refractivity contribution in [3.05, 3.63) is 29.8 Å². The van der Waals surface area contributed by atoms with E-state index in [4.69, 9.17) is 5.73 Å². The smallest absolute Gasteiger partial charge is 0.236 e. The molecule has 3 N–H and O–H groups in total. The molecule has 0 bridgehead atoms. The van der Waals surface area contributed by atoms with Crippen molar-refractivity contribution in [1.29, 1.82) is 0 Å². The van der Waals surface area contributed by atoms with Crippen LogP contribution in [0.2, 0.25) is 0 Å². The van der Waals surface area contributed by atoms with E-state index >= 15 is 0 Å². The molecular formula is C12H19N3O. The molecule has 4 heteroatoms. The van der Waals surface area contributed by atoms with Crippen LogP contribution in [0.3, 0.4) is 0 Å². The van der Waals surface area contributed by atoms with Crippen molar-refractivity contribution in [2.24, 2.45) is 5.73 Å². The number of rotatable bonds is 4. The Balaban J connectivity index is 2.53. The summed E-state index contributed by atoms with van der Waals surface area (Å²) < 4.78 is 0. The van der Waals surface area contributed by atoms with Crippen LogP contribution >= 0.6 is 0 Å². The predicted octanol–water partition coefficient (Wildman–Crippen LogP) is 0.716. The molecule has 0 aliphatic carbocycles. The van der Waals surface area contributed by atoms with Crippen LogP contribution < -0.4 is 16.0 Å². The second-order valence-electron chi connectivity index (χ2n) is 4.07. The minimum atomic E-state index is -0.457. The molecule has 0 saturated carbocycles. The molecule has 1 atom stereocenters. The molecule has 1 amide bonds. The second-order valence-corrected chi connectivity index (χ2v) is 4.07. The van der Waals surface area contributed by atoms with Crippen LogP contribution in [0.5, 0.6) is 0 Å². The fourth-order valence-corrected chi connectivity index (χ4v) is 1.26. The summed E-state index contributed by atoms with van der Waals surface area (Å²) in [5, 5.41) is 2.77. The lowest BCUT2D eigenvalue weighted by Gasteiger charge is -2.13. The van der Waals surface area contributed by atoms with Gasteiger partial charge in [-0.05, 0) is 24.6 Å².